The molecule has 0 aliphatic rings. The molecule has 0 aromatic heterocycles. The maximum atomic E-state index is 14.1. The zero-order valence-corrected chi connectivity index (χ0v) is 24.7. The molecule has 0 saturated heterocycles. The second-order valence-corrected chi connectivity index (χ2v) is 11.2. The van der Waals surface area contributed by atoms with Gasteiger partial charge in [0.15, 0.2) is 0 Å². The Morgan fingerprint density at radius 3 is 2.17 bits per heavy atom. The Morgan fingerprint density at radius 2 is 1.61 bits per heavy atom. The molecule has 0 aliphatic carbocycles. The van der Waals surface area contributed by atoms with Crippen molar-refractivity contribution in [1.82, 2.24) is 10.2 Å². The van der Waals surface area contributed by atoms with E-state index in [9.17, 15) is 22.4 Å². The highest BCUT2D eigenvalue weighted by Gasteiger charge is 2.35. The monoisotopic (exact) mass is 585 g/mol. The second-order valence-electron chi connectivity index (χ2n) is 9.33. The lowest BCUT2D eigenvalue weighted by molar-refractivity contribution is -0.140. The van der Waals surface area contributed by atoms with Gasteiger partial charge in [-0.2, -0.15) is 0 Å². The van der Waals surface area contributed by atoms with Crippen molar-refractivity contribution in [2.45, 2.75) is 44.7 Å². The highest BCUT2D eigenvalue weighted by atomic mass is 32.2. The lowest BCUT2D eigenvalue weighted by Crippen LogP contribution is -2.52. The van der Waals surface area contributed by atoms with Crippen LogP contribution >= 0.6 is 0 Å². The fourth-order valence-corrected chi connectivity index (χ4v) is 5.76. The maximum absolute atomic E-state index is 14.1. The number of halogens is 1. The number of amides is 2. The molecule has 0 aliphatic heterocycles. The Balaban J connectivity index is 2.14. The van der Waals surface area contributed by atoms with Crippen molar-refractivity contribution < 1.29 is 31.9 Å². The van der Waals surface area contributed by atoms with E-state index < -0.39 is 34.3 Å². The van der Waals surface area contributed by atoms with Crippen molar-refractivity contribution in [1.29, 1.82) is 0 Å². The lowest BCUT2D eigenvalue weighted by atomic mass is 10.1. The number of anilines is 1. The van der Waals surface area contributed by atoms with E-state index in [0.29, 0.717) is 17.9 Å². The van der Waals surface area contributed by atoms with Crippen molar-refractivity contribution in [3.8, 4) is 11.5 Å². The van der Waals surface area contributed by atoms with Gasteiger partial charge in [0.2, 0.25) is 11.8 Å². The van der Waals surface area contributed by atoms with Crippen molar-refractivity contribution >= 4 is 27.5 Å². The van der Waals surface area contributed by atoms with E-state index in [4.69, 9.17) is 9.47 Å². The minimum atomic E-state index is -4.30. The van der Waals surface area contributed by atoms with Gasteiger partial charge in [0.05, 0.1) is 24.8 Å². The number of sulfonamides is 1. The number of hydrogen-bond acceptors (Lipinski definition) is 6. The molecule has 1 atom stereocenters. The van der Waals surface area contributed by atoms with Gasteiger partial charge in [-0.3, -0.25) is 13.9 Å². The third kappa shape index (κ3) is 7.55. The molecule has 0 radical (unpaired) electrons. The molecule has 1 N–H and O–H groups in total. The van der Waals surface area contributed by atoms with Crippen LogP contribution < -0.4 is 19.1 Å². The minimum Gasteiger partial charge on any atom is -0.497 e. The van der Waals surface area contributed by atoms with E-state index in [-0.39, 0.29) is 35.2 Å². The van der Waals surface area contributed by atoms with E-state index in [2.05, 4.69) is 5.32 Å². The van der Waals surface area contributed by atoms with E-state index in [1.807, 2.05) is 6.92 Å². The molecule has 220 valence electrons. The number of aryl methyl sites for hydroxylation is 1. The fourth-order valence-electron chi connectivity index (χ4n) is 4.34. The first-order valence-corrected chi connectivity index (χ1v) is 14.6. The number of benzene rings is 3. The summed E-state index contributed by atoms with van der Waals surface area (Å²) in [5.74, 6) is -0.891. The van der Waals surface area contributed by atoms with Gasteiger partial charge in [0, 0.05) is 19.2 Å². The summed E-state index contributed by atoms with van der Waals surface area (Å²) in [5, 5.41) is 2.75. The Kier molecular flexibility index (Phi) is 10.7. The summed E-state index contributed by atoms with van der Waals surface area (Å²) in [4.78, 5) is 28.4. The van der Waals surface area contributed by atoms with Gasteiger partial charge in [-0.1, -0.05) is 36.8 Å². The number of carbonyl (C=O) groups is 2. The van der Waals surface area contributed by atoms with Crippen LogP contribution in [0.2, 0.25) is 0 Å². The van der Waals surface area contributed by atoms with E-state index in [1.54, 1.807) is 38.1 Å². The third-order valence-corrected chi connectivity index (χ3v) is 8.32. The predicted octanol–water partition coefficient (Wildman–Crippen LogP) is 4.29. The molecule has 41 heavy (non-hydrogen) atoms. The van der Waals surface area contributed by atoms with Gasteiger partial charge in [-0.15, -0.1) is 0 Å². The summed E-state index contributed by atoms with van der Waals surface area (Å²) in [7, 11) is -1.46. The van der Waals surface area contributed by atoms with Crippen molar-refractivity contribution in [2.24, 2.45) is 0 Å². The van der Waals surface area contributed by atoms with Crippen LogP contribution in [0.1, 0.15) is 31.4 Å². The molecule has 3 aromatic carbocycles. The summed E-state index contributed by atoms with van der Waals surface area (Å²) in [6.07, 6.45) is 0.270. The number of rotatable bonds is 13. The fraction of sp³-hybridized carbons (Fsp3) is 0.333. The summed E-state index contributed by atoms with van der Waals surface area (Å²) in [6, 6.07) is 15.6. The van der Waals surface area contributed by atoms with Crippen LogP contribution in [0.15, 0.2) is 71.6 Å². The molecule has 0 bridgehead atoms. The van der Waals surface area contributed by atoms with Gasteiger partial charge >= 0.3 is 0 Å². The average molecular weight is 586 g/mol. The molecule has 11 heteroatoms. The summed E-state index contributed by atoms with van der Waals surface area (Å²) < 4.78 is 53.5. The average Bonchev–Trinajstić information content (AvgIpc) is 2.96. The molecular weight excluding hydrogens is 549 g/mol. The van der Waals surface area contributed by atoms with E-state index in [1.165, 1.54) is 61.6 Å². The lowest BCUT2D eigenvalue weighted by Gasteiger charge is -2.33. The zero-order valence-electron chi connectivity index (χ0n) is 23.9. The molecule has 3 aromatic rings. The Labute approximate surface area is 240 Å². The van der Waals surface area contributed by atoms with Crippen molar-refractivity contribution in [3.63, 3.8) is 0 Å². The quantitative estimate of drug-likeness (QED) is 0.321. The van der Waals surface area contributed by atoms with Gasteiger partial charge < -0.3 is 19.7 Å². The summed E-state index contributed by atoms with van der Waals surface area (Å²) >= 11 is 0. The third-order valence-electron chi connectivity index (χ3n) is 6.55. The van der Waals surface area contributed by atoms with Crippen LogP contribution in [-0.4, -0.2) is 58.5 Å². The maximum Gasteiger partial charge on any atom is 0.264 e. The van der Waals surface area contributed by atoms with Crippen LogP contribution in [0.3, 0.4) is 0 Å². The van der Waals surface area contributed by atoms with Gasteiger partial charge in [0.1, 0.15) is 29.9 Å². The summed E-state index contributed by atoms with van der Waals surface area (Å²) in [6.45, 7) is 5.03. The predicted molar refractivity (Wildman–Crippen MR) is 155 cm³/mol. The standard InChI is InChI=1S/C30H36FN3O6S/c1-6-26(30(36)32-7-2)33(19-22-10-12-23(31)13-11-22)29(35)20-34(27-18-24(39-4)14-17-28(27)40-5)41(37,38)25-15-8-21(3)9-16-25/h8-18,26H,6-7,19-20H2,1-5H3,(H,32,36). The normalized spacial score (nSPS) is 11.9. The number of likely N-dealkylation sites (N-methyl/N-ethyl adjacent to an activating group) is 1. The Morgan fingerprint density at radius 1 is 0.951 bits per heavy atom. The second kappa shape index (κ2) is 14.0. The Hall–Kier alpha value is -4.12. The van der Waals surface area contributed by atoms with Crippen molar-refractivity contribution in [3.05, 3.63) is 83.7 Å². The molecule has 0 fully saturated rings. The molecule has 2 amide bonds. The summed E-state index contributed by atoms with van der Waals surface area (Å²) in [5.41, 5.74) is 1.53. The number of hydrogen-bond donors (Lipinski definition) is 1. The van der Waals surface area contributed by atoms with Crippen LogP contribution in [-0.2, 0) is 26.2 Å². The Bertz CT molecular complexity index is 1450. The van der Waals surface area contributed by atoms with Gasteiger partial charge in [-0.05, 0) is 62.2 Å². The van der Waals surface area contributed by atoms with Crippen LogP contribution in [0.4, 0.5) is 10.1 Å². The minimum absolute atomic E-state index is 0.0263. The smallest absolute Gasteiger partial charge is 0.264 e. The molecule has 0 spiro atoms. The number of nitrogens with one attached hydrogen (secondary N) is 1. The van der Waals surface area contributed by atoms with E-state index >= 15 is 0 Å². The SMILES string of the molecule is CCNC(=O)C(CC)N(Cc1ccc(F)cc1)C(=O)CN(c1cc(OC)ccc1OC)S(=O)(=O)c1ccc(C)cc1. The highest BCUT2D eigenvalue weighted by Crippen LogP contribution is 2.36. The first-order chi connectivity index (χ1) is 19.5. The first kappa shape index (κ1) is 31.4. The van der Waals surface area contributed by atoms with Crippen LogP contribution in [0, 0.1) is 12.7 Å². The van der Waals surface area contributed by atoms with Crippen LogP contribution in [0.5, 0.6) is 11.5 Å². The number of ether oxygens (including phenoxy) is 2. The van der Waals surface area contributed by atoms with Gasteiger partial charge in [0.25, 0.3) is 10.0 Å². The molecular formula is C30H36FN3O6S. The van der Waals surface area contributed by atoms with Gasteiger partial charge in [-0.25, -0.2) is 12.8 Å². The molecule has 0 saturated carbocycles. The van der Waals surface area contributed by atoms with E-state index in [0.717, 1.165) is 9.87 Å². The number of nitrogens with zero attached hydrogens (tertiary/aromatic N) is 2. The van der Waals surface area contributed by atoms with Crippen molar-refractivity contribution in [2.75, 3.05) is 31.6 Å². The molecule has 3 rings (SSSR count). The molecule has 1 unspecified atom stereocenters. The number of carbonyl (C=O) groups excluding carboxylic acids is 2. The largest absolute Gasteiger partial charge is 0.497 e. The first-order valence-electron chi connectivity index (χ1n) is 13.2. The van der Waals surface area contributed by atoms with Crippen LogP contribution in [0.25, 0.3) is 0 Å². The number of methoxy groups -OCH3 is 2. The molecule has 0 heterocycles. The highest BCUT2D eigenvalue weighted by molar-refractivity contribution is 7.92. The topological polar surface area (TPSA) is 105 Å². The zero-order chi connectivity index (χ0) is 30.2. The molecule has 9 nitrogen and oxygen atoms in total.